The molecule has 5 heteroatoms. The quantitative estimate of drug-likeness (QED) is 0.507. The smallest absolute Gasteiger partial charge is 0.261 e. The van der Waals surface area contributed by atoms with Crippen molar-refractivity contribution in [3.8, 4) is 0 Å². The zero-order valence-electron chi connectivity index (χ0n) is 18.8. The number of anilines is 1. The lowest BCUT2D eigenvalue weighted by Crippen LogP contribution is -2.28. The summed E-state index contributed by atoms with van der Waals surface area (Å²) in [5.74, 6) is -0.366. The molecular weight excluding hydrogens is 408 g/mol. The zero-order valence-corrected chi connectivity index (χ0v) is 19.5. The van der Waals surface area contributed by atoms with Crippen molar-refractivity contribution in [1.82, 2.24) is 4.57 Å². The Morgan fingerprint density at radius 2 is 1.61 bits per heavy atom. The number of aromatic nitrogens is 1. The van der Waals surface area contributed by atoms with Crippen LogP contribution in [0.1, 0.15) is 65.2 Å². The van der Waals surface area contributed by atoms with Crippen LogP contribution >= 0.6 is 11.6 Å². The van der Waals surface area contributed by atoms with Gasteiger partial charge in [0.05, 0.1) is 6.04 Å². The molecule has 0 radical (unpaired) electrons. The second kappa shape index (κ2) is 9.52. The fourth-order valence-corrected chi connectivity index (χ4v) is 4.36. The van der Waals surface area contributed by atoms with E-state index in [1.807, 2.05) is 60.9 Å². The van der Waals surface area contributed by atoms with Crippen molar-refractivity contribution in [2.24, 2.45) is 0 Å². The van der Waals surface area contributed by atoms with Gasteiger partial charge in [-0.05, 0) is 62.4 Å². The van der Waals surface area contributed by atoms with E-state index in [2.05, 4.69) is 26.1 Å². The highest BCUT2D eigenvalue weighted by molar-refractivity contribution is 6.30. The predicted octanol–water partition coefficient (Wildman–Crippen LogP) is 6.10. The number of para-hydroxylation sites is 1. The Labute approximate surface area is 188 Å². The molecule has 0 saturated heterocycles. The fraction of sp³-hybridized carbons (Fsp3) is 0.308. The Balaban J connectivity index is 2.07. The summed E-state index contributed by atoms with van der Waals surface area (Å²) in [5.41, 5.74) is 5.36. The third-order valence-corrected chi connectivity index (χ3v) is 6.15. The minimum Gasteiger partial charge on any atom is -0.341 e. The Kier molecular flexibility index (Phi) is 7.01. The maximum atomic E-state index is 13.3. The second-order valence-electron chi connectivity index (χ2n) is 7.82. The van der Waals surface area contributed by atoms with E-state index in [4.69, 9.17) is 11.6 Å². The summed E-state index contributed by atoms with van der Waals surface area (Å²) in [5, 5.41) is 3.71. The van der Waals surface area contributed by atoms with Gasteiger partial charge in [0.25, 0.3) is 5.91 Å². The Hall–Kier alpha value is -2.85. The monoisotopic (exact) mass is 436 g/mol. The van der Waals surface area contributed by atoms with Gasteiger partial charge in [0.2, 0.25) is 0 Å². The molecule has 0 bridgehead atoms. The minimum atomic E-state index is -0.366. The van der Waals surface area contributed by atoms with Gasteiger partial charge in [-0.3, -0.25) is 9.59 Å². The first-order valence-corrected chi connectivity index (χ1v) is 11.1. The van der Waals surface area contributed by atoms with E-state index in [1.165, 1.54) is 0 Å². The van der Waals surface area contributed by atoms with Crippen LogP contribution in [0.25, 0.3) is 0 Å². The highest BCUT2D eigenvalue weighted by atomic mass is 35.5. The molecule has 4 nitrogen and oxygen atoms in total. The SMILES string of the molecule is CCc1cccc(CC)c1NC(=O)c1c(C)n(C(C)c2ccc(Cl)cc2)c(C)cc1=O. The van der Waals surface area contributed by atoms with Crippen molar-refractivity contribution >= 4 is 23.2 Å². The van der Waals surface area contributed by atoms with E-state index in [1.54, 1.807) is 6.07 Å². The van der Waals surface area contributed by atoms with Crippen molar-refractivity contribution in [1.29, 1.82) is 0 Å². The lowest BCUT2D eigenvalue weighted by Gasteiger charge is -2.24. The van der Waals surface area contributed by atoms with Crippen LogP contribution in [0.15, 0.2) is 53.3 Å². The first-order chi connectivity index (χ1) is 14.8. The number of aryl methyl sites for hydroxylation is 3. The van der Waals surface area contributed by atoms with Gasteiger partial charge in [-0.2, -0.15) is 0 Å². The molecule has 1 heterocycles. The molecule has 0 spiro atoms. The number of benzene rings is 2. The van der Waals surface area contributed by atoms with Gasteiger partial charge >= 0.3 is 0 Å². The van der Waals surface area contributed by atoms with E-state index in [0.29, 0.717) is 10.7 Å². The Bertz CT molecular complexity index is 1140. The molecular formula is C26H29ClN2O2. The number of halogens is 1. The third-order valence-electron chi connectivity index (χ3n) is 5.89. The Morgan fingerprint density at radius 3 is 2.16 bits per heavy atom. The van der Waals surface area contributed by atoms with Crippen LogP contribution in [-0.2, 0) is 12.8 Å². The van der Waals surface area contributed by atoms with Gasteiger partial charge in [0, 0.05) is 28.2 Å². The molecule has 0 fully saturated rings. The molecule has 1 unspecified atom stereocenters. The number of nitrogens with zero attached hydrogens (tertiary/aromatic N) is 1. The van der Waals surface area contributed by atoms with E-state index in [-0.39, 0.29) is 22.9 Å². The van der Waals surface area contributed by atoms with Crippen molar-refractivity contribution < 1.29 is 4.79 Å². The molecule has 3 rings (SSSR count). The number of nitrogens with one attached hydrogen (secondary N) is 1. The first kappa shape index (κ1) is 22.8. The topological polar surface area (TPSA) is 51.1 Å². The van der Waals surface area contributed by atoms with Gasteiger partial charge in [0.1, 0.15) is 5.56 Å². The largest absolute Gasteiger partial charge is 0.341 e. The predicted molar refractivity (Wildman–Crippen MR) is 129 cm³/mol. The van der Waals surface area contributed by atoms with E-state index in [0.717, 1.165) is 40.9 Å². The summed E-state index contributed by atoms with van der Waals surface area (Å²) in [6.45, 7) is 9.90. The van der Waals surface area contributed by atoms with Crippen molar-refractivity contribution in [2.45, 2.75) is 53.5 Å². The lowest BCUT2D eigenvalue weighted by atomic mass is 10.0. The van der Waals surface area contributed by atoms with Crippen molar-refractivity contribution in [2.75, 3.05) is 5.32 Å². The zero-order chi connectivity index (χ0) is 22.7. The molecule has 0 aliphatic heterocycles. The van der Waals surface area contributed by atoms with E-state index < -0.39 is 0 Å². The fourth-order valence-electron chi connectivity index (χ4n) is 4.24. The van der Waals surface area contributed by atoms with E-state index >= 15 is 0 Å². The molecule has 1 aromatic heterocycles. The van der Waals surface area contributed by atoms with Gasteiger partial charge in [0.15, 0.2) is 5.43 Å². The molecule has 1 amide bonds. The number of amides is 1. The summed E-state index contributed by atoms with van der Waals surface area (Å²) < 4.78 is 2.03. The van der Waals surface area contributed by atoms with Gasteiger partial charge in [-0.15, -0.1) is 0 Å². The molecule has 0 aliphatic carbocycles. The van der Waals surface area contributed by atoms with Crippen molar-refractivity contribution in [3.63, 3.8) is 0 Å². The molecule has 2 aromatic carbocycles. The highest BCUT2D eigenvalue weighted by Crippen LogP contribution is 2.26. The second-order valence-corrected chi connectivity index (χ2v) is 8.26. The first-order valence-electron chi connectivity index (χ1n) is 10.7. The van der Waals surface area contributed by atoms with E-state index in [9.17, 15) is 9.59 Å². The molecule has 1 atom stereocenters. The number of rotatable bonds is 6. The van der Waals surface area contributed by atoms with Crippen LogP contribution in [-0.4, -0.2) is 10.5 Å². The number of carbonyl (C=O) groups is 1. The normalized spacial score (nSPS) is 11.9. The highest BCUT2D eigenvalue weighted by Gasteiger charge is 2.22. The summed E-state index contributed by atoms with van der Waals surface area (Å²) in [7, 11) is 0. The average Bonchev–Trinajstić information content (AvgIpc) is 2.73. The molecule has 0 saturated carbocycles. The molecule has 162 valence electrons. The number of pyridine rings is 1. The summed E-state index contributed by atoms with van der Waals surface area (Å²) >= 11 is 6.04. The number of hydrogen-bond donors (Lipinski definition) is 1. The van der Waals surface area contributed by atoms with Gasteiger partial charge in [-0.1, -0.05) is 55.8 Å². The molecule has 0 aliphatic rings. The molecule has 1 N–H and O–H groups in total. The molecule has 3 aromatic rings. The van der Waals surface area contributed by atoms with Gasteiger partial charge in [-0.25, -0.2) is 0 Å². The number of carbonyl (C=O) groups excluding carboxylic acids is 1. The summed E-state index contributed by atoms with van der Waals surface area (Å²) in [6, 6.07) is 15.1. The van der Waals surface area contributed by atoms with Gasteiger partial charge < -0.3 is 9.88 Å². The van der Waals surface area contributed by atoms with Crippen LogP contribution in [0.5, 0.6) is 0 Å². The van der Waals surface area contributed by atoms with Crippen LogP contribution in [0, 0.1) is 13.8 Å². The lowest BCUT2D eigenvalue weighted by molar-refractivity contribution is 0.102. The molecule has 31 heavy (non-hydrogen) atoms. The standard InChI is InChI=1S/C26H29ClN2O2/c1-6-19-9-8-10-20(7-2)25(19)28-26(31)24-18(5)29(16(3)15-23(24)30)17(4)21-11-13-22(27)14-12-21/h8-15,17H,6-7H2,1-5H3,(H,28,31). The van der Waals surface area contributed by atoms with Crippen LogP contribution in [0.4, 0.5) is 5.69 Å². The van der Waals surface area contributed by atoms with Crippen LogP contribution in [0.2, 0.25) is 5.02 Å². The number of hydrogen-bond acceptors (Lipinski definition) is 2. The van der Waals surface area contributed by atoms with Crippen molar-refractivity contribution in [3.05, 3.63) is 97.4 Å². The third kappa shape index (κ3) is 4.59. The Morgan fingerprint density at radius 1 is 1.03 bits per heavy atom. The maximum absolute atomic E-state index is 13.3. The minimum absolute atomic E-state index is 0.0569. The summed E-state index contributed by atoms with van der Waals surface area (Å²) in [4.78, 5) is 26.2. The maximum Gasteiger partial charge on any atom is 0.261 e. The summed E-state index contributed by atoms with van der Waals surface area (Å²) in [6.07, 6.45) is 1.60. The van der Waals surface area contributed by atoms with Crippen LogP contribution in [0.3, 0.4) is 0 Å². The average molecular weight is 437 g/mol. The van der Waals surface area contributed by atoms with Crippen LogP contribution < -0.4 is 10.7 Å².